The van der Waals surface area contributed by atoms with Crippen LogP contribution in [0.5, 0.6) is 0 Å². The second-order valence-corrected chi connectivity index (χ2v) is 7.79. The van der Waals surface area contributed by atoms with Gasteiger partial charge in [0.2, 0.25) is 0 Å². The molecule has 0 amide bonds. The van der Waals surface area contributed by atoms with Crippen LogP contribution in [0.3, 0.4) is 0 Å². The fourth-order valence-corrected chi connectivity index (χ4v) is 6.47. The van der Waals surface area contributed by atoms with E-state index in [4.69, 9.17) is 10.5 Å². The van der Waals surface area contributed by atoms with Gasteiger partial charge < -0.3 is 10.5 Å². The lowest BCUT2D eigenvalue weighted by Gasteiger charge is -2.64. The van der Waals surface area contributed by atoms with E-state index in [0.29, 0.717) is 10.8 Å². The van der Waals surface area contributed by atoms with Crippen LogP contribution < -0.4 is 5.73 Å². The van der Waals surface area contributed by atoms with E-state index in [2.05, 4.69) is 0 Å². The highest BCUT2D eigenvalue weighted by molar-refractivity contribution is 5.10. The van der Waals surface area contributed by atoms with Crippen molar-refractivity contribution < 1.29 is 4.74 Å². The summed E-state index contributed by atoms with van der Waals surface area (Å²) in [6.45, 7) is 2.82. The van der Waals surface area contributed by atoms with Crippen molar-refractivity contribution in [2.75, 3.05) is 19.8 Å². The second kappa shape index (κ2) is 3.96. The summed E-state index contributed by atoms with van der Waals surface area (Å²) in [6.07, 6.45) is 11.6. The average Bonchev–Trinajstić information content (AvgIpc) is 2.38. The van der Waals surface area contributed by atoms with Gasteiger partial charge in [0.15, 0.2) is 0 Å². The summed E-state index contributed by atoms with van der Waals surface area (Å²) in [5.41, 5.74) is 7.35. The lowest BCUT2D eigenvalue weighted by atomic mass is 9.41. The molecule has 4 saturated carbocycles. The summed E-state index contributed by atoms with van der Waals surface area (Å²) in [5.74, 6) is 3.13. The summed E-state index contributed by atoms with van der Waals surface area (Å²) < 4.78 is 5.63. The van der Waals surface area contributed by atoms with E-state index in [1.54, 1.807) is 0 Å². The van der Waals surface area contributed by atoms with Gasteiger partial charge in [-0.1, -0.05) is 0 Å². The molecule has 2 heteroatoms. The Bertz CT molecular complexity index is 297. The predicted molar refractivity (Wildman–Crippen MR) is 72.1 cm³/mol. The molecule has 1 saturated heterocycles. The lowest BCUT2D eigenvalue weighted by Crippen LogP contribution is -2.58. The Morgan fingerprint density at radius 2 is 1.39 bits per heavy atom. The van der Waals surface area contributed by atoms with Gasteiger partial charge in [0.05, 0.1) is 0 Å². The van der Waals surface area contributed by atoms with Crippen molar-refractivity contribution in [1.82, 2.24) is 0 Å². The molecule has 102 valence electrons. The third kappa shape index (κ3) is 1.48. The Morgan fingerprint density at radius 3 is 1.83 bits per heavy atom. The van der Waals surface area contributed by atoms with Gasteiger partial charge in [0, 0.05) is 13.2 Å². The summed E-state index contributed by atoms with van der Waals surface area (Å²) in [7, 11) is 0. The van der Waals surface area contributed by atoms with E-state index >= 15 is 0 Å². The summed E-state index contributed by atoms with van der Waals surface area (Å²) >= 11 is 0. The van der Waals surface area contributed by atoms with E-state index in [9.17, 15) is 0 Å². The monoisotopic (exact) mass is 249 g/mol. The van der Waals surface area contributed by atoms with Crippen LogP contribution in [-0.4, -0.2) is 19.8 Å². The number of ether oxygens (including phenoxy) is 1. The maximum absolute atomic E-state index is 6.30. The third-order valence-corrected chi connectivity index (χ3v) is 7.00. The van der Waals surface area contributed by atoms with Crippen molar-refractivity contribution in [2.45, 2.75) is 51.4 Å². The molecule has 2 nitrogen and oxygen atoms in total. The molecule has 0 aromatic carbocycles. The molecule has 5 aliphatic rings. The Balaban J connectivity index is 1.69. The van der Waals surface area contributed by atoms with Gasteiger partial charge >= 0.3 is 0 Å². The Hall–Kier alpha value is -0.0800. The zero-order valence-corrected chi connectivity index (χ0v) is 11.5. The maximum atomic E-state index is 6.30. The van der Waals surface area contributed by atoms with Gasteiger partial charge in [0.1, 0.15) is 0 Å². The molecule has 5 rings (SSSR count). The standard InChI is InChI=1S/C16H27NO/c17-11-15(1-3-18-4-2-15)16-8-12-5-13(9-16)7-14(6-12)10-16/h12-14H,1-11,17H2. The molecule has 2 N–H and O–H groups in total. The van der Waals surface area contributed by atoms with Gasteiger partial charge in [-0.25, -0.2) is 0 Å². The van der Waals surface area contributed by atoms with Gasteiger partial charge in [-0.05, 0) is 86.5 Å². The first-order valence-corrected chi connectivity index (χ1v) is 8.03. The van der Waals surface area contributed by atoms with Crippen LogP contribution >= 0.6 is 0 Å². The van der Waals surface area contributed by atoms with Crippen LogP contribution in [0, 0.1) is 28.6 Å². The Labute approximate surface area is 111 Å². The molecule has 0 unspecified atom stereocenters. The molecule has 0 aromatic rings. The minimum absolute atomic E-state index is 0.432. The molecule has 0 atom stereocenters. The van der Waals surface area contributed by atoms with Gasteiger partial charge in [-0.3, -0.25) is 0 Å². The van der Waals surface area contributed by atoms with E-state index < -0.39 is 0 Å². The lowest BCUT2D eigenvalue weighted by molar-refractivity contribution is -0.159. The zero-order valence-electron chi connectivity index (χ0n) is 11.5. The molecule has 1 heterocycles. The first kappa shape index (κ1) is 11.7. The summed E-state index contributed by atoms with van der Waals surface area (Å²) in [4.78, 5) is 0. The normalized spacial score (nSPS) is 49.5. The highest BCUT2D eigenvalue weighted by atomic mass is 16.5. The predicted octanol–water partition coefficient (Wildman–Crippen LogP) is 2.96. The number of rotatable bonds is 2. The van der Waals surface area contributed by atoms with Crippen molar-refractivity contribution in [2.24, 2.45) is 34.3 Å². The molecular weight excluding hydrogens is 222 g/mol. The second-order valence-electron chi connectivity index (χ2n) is 7.79. The fourth-order valence-electron chi connectivity index (χ4n) is 6.47. The number of hydrogen-bond donors (Lipinski definition) is 1. The molecule has 4 bridgehead atoms. The van der Waals surface area contributed by atoms with Gasteiger partial charge in [-0.15, -0.1) is 0 Å². The van der Waals surface area contributed by atoms with Crippen molar-refractivity contribution in [3.05, 3.63) is 0 Å². The van der Waals surface area contributed by atoms with Crippen molar-refractivity contribution in [1.29, 1.82) is 0 Å². The van der Waals surface area contributed by atoms with Crippen molar-refractivity contribution in [3.63, 3.8) is 0 Å². The van der Waals surface area contributed by atoms with Crippen LogP contribution in [0.2, 0.25) is 0 Å². The summed E-state index contributed by atoms with van der Waals surface area (Å²) in [5, 5.41) is 0. The van der Waals surface area contributed by atoms with E-state index in [0.717, 1.165) is 37.5 Å². The van der Waals surface area contributed by atoms with Gasteiger partial charge in [-0.2, -0.15) is 0 Å². The van der Waals surface area contributed by atoms with Crippen LogP contribution in [0.4, 0.5) is 0 Å². The quantitative estimate of drug-likeness (QED) is 0.816. The van der Waals surface area contributed by atoms with Crippen LogP contribution in [0.15, 0.2) is 0 Å². The Morgan fingerprint density at radius 1 is 0.889 bits per heavy atom. The highest BCUT2D eigenvalue weighted by Gasteiger charge is 2.59. The minimum atomic E-state index is 0.432. The molecule has 4 aliphatic carbocycles. The molecule has 0 aromatic heterocycles. The Kier molecular flexibility index (Phi) is 2.58. The summed E-state index contributed by atoms with van der Waals surface area (Å²) in [6, 6.07) is 0. The van der Waals surface area contributed by atoms with Crippen LogP contribution in [-0.2, 0) is 4.74 Å². The maximum Gasteiger partial charge on any atom is 0.0472 e. The molecule has 0 spiro atoms. The third-order valence-electron chi connectivity index (χ3n) is 7.00. The first-order chi connectivity index (χ1) is 8.75. The average molecular weight is 249 g/mol. The van der Waals surface area contributed by atoms with Crippen molar-refractivity contribution >= 4 is 0 Å². The minimum Gasteiger partial charge on any atom is -0.381 e. The number of hydrogen-bond acceptors (Lipinski definition) is 2. The van der Waals surface area contributed by atoms with Gasteiger partial charge in [0.25, 0.3) is 0 Å². The fraction of sp³-hybridized carbons (Fsp3) is 1.00. The van der Waals surface area contributed by atoms with E-state index in [1.807, 2.05) is 0 Å². The molecular formula is C16H27NO. The van der Waals surface area contributed by atoms with E-state index in [-0.39, 0.29) is 0 Å². The van der Waals surface area contributed by atoms with Crippen molar-refractivity contribution in [3.8, 4) is 0 Å². The first-order valence-electron chi connectivity index (χ1n) is 8.03. The zero-order chi connectivity index (χ0) is 12.2. The van der Waals surface area contributed by atoms with E-state index in [1.165, 1.54) is 51.4 Å². The van der Waals surface area contributed by atoms with Crippen LogP contribution in [0.25, 0.3) is 0 Å². The number of nitrogens with two attached hydrogens (primary N) is 1. The molecule has 1 aliphatic heterocycles. The smallest absolute Gasteiger partial charge is 0.0472 e. The highest BCUT2D eigenvalue weighted by Crippen LogP contribution is 2.67. The molecule has 18 heavy (non-hydrogen) atoms. The molecule has 5 fully saturated rings. The topological polar surface area (TPSA) is 35.2 Å². The van der Waals surface area contributed by atoms with Crippen LogP contribution in [0.1, 0.15) is 51.4 Å². The SMILES string of the molecule is NCC1(C23CC4CC(CC(C4)C2)C3)CCOCC1. The largest absolute Gasteiger partial charge is 0.381 e. The molecule has 0 radical (unpaired) electrons.